The van der Waals surface area contributed by atoms with E-state index in [0.29, 0.717) is 5.02 Å². The van der Waals surface area contributed by atoms with Gasteiger partial charge in [-0.05, 0) is 55.0 Å². The van der Waals surface area contributed by atoms with Crippen LogP contribution in [0.2, 0.25) is 5.02 Å². The van der Waals surface area contributed by atoms with Gasteiger partial charge in [0.2, 0.25) is 0 Å². The molecule has 0 aliphatic heterocycles. The Morgan fingerprint density at radius 2 is 1.71 bits per heavy atom. The van der Waals surface area contributed by atoms with Gasteiger partial charge in [0.25, 0.3) is 15.9 Å². The first-order valence-electron chi connectivity index (χ1n) is 10.6. The molecule has 35 heavy (non-hydrogen) atoms. The average Bonchev–Trinajstić information content (AvgIpc) is 2.83. The predicted molar refractivity (Wildman–Crippen MR) is 140 cm³/mol. The molecule has 0 aromatic heterocycles. The molecule has 1 amide bonds. The van der Waals surface area contributed by atoms with Gasteiger partial charge in [0.15, 0.2) is 0 Å². The highest BCUT2D eigenvalue weighted by Crippen LogP contribution is 2.34. The number of ether oxygens (including phenoxy) is 1. The lowest BCUT2D eigenvalue weighted by Crippen LogP contribution is -2.39. The van der Waals surface area contributed by atoms with Crippen LogP contribution in [0.1, 0.15) is 11.1 Å². The number of hydrazone groups is 1. The molecule has 0 bridgehead atoms. The number of anilines is 2. The zero-order valence-electron chi connectivity index (χ0n) is 19.9. The van der Waals surface area contributed by atoms with Gasteiger partial charge in [-0.25, -0.2) is 13.8 Å². The number of hydrogen-bond acceptors (Lipinski definition) is 6. The Morgan fingerprint density at radius 1 is 1.06 bits per heavy atom. The fraction of sp³-hybridized carbons (Fsp3) is 0.200. The molecule has 0 saturated carbocycles. The van der Waals surface area contributed by atoms with E-state index in [4.69, 9.17) is 16.3 Å². The van der Waals surface area contributed by atoms with Gasteiger partial charge in [0, 0.05) is 24.8 Å². The smallest absolute Gasteiger partial charge is 0.264 e. The summed E-state index contributed by atoms with van der Waals surface area (Å²) in [5, 5.41) is 4.27. The van der Waals surface area contributed by atoms with E-state index in [1.165, 1.54) is 31.5 Å². The van der Waals surface area contributed by atoms with E-state index < -0.39 is 22.5 Å². The Kier molecular flexibility index (Phi) is 8.37. The second-order valence-electron chi connectivity index (χ2n) is 7.92. The number of rotatable bonds is 9. The van der Waals surface area contributed by atoms with Crippen molar-refractivity contribution in [3.8, 4) is 5.75 Å². The first-order valence-corrected chi connectivity index (χ1v) is 12.5. The van der Waals surface area contributed by atoms with E-state index in [-0.39, 0.29) is 16.3 Å². The molecule has 0 atom stereocenters. The Morgan fingerprint density at radius 3 is 2.31 bits per heavy atom. The molecule has 0 fully saturated rings. The maximum absolute atomic E-state index is 13.5. The number of methoxy groups -OCH3 is 1. The van der Waals surface area contributed by atoms with Crippen LogP contribution in [0.4, 0.5) is 11.4 Å². The lowest BCUT2D eigenvalue weighted by Gasteiger charge is -2.25. The third-order valence-corrected chi connectivity index (χ3v) is 7.13. The van der Waals surface area contributed by atoms with Crippen molar-refractivity contribution < 1.29 is 17.9 Å². The monoisotopic (exact) mass is 514 g/mol. The molecular weight excluding hydrogens is 488 g/mol. The first kappa shape index (κ1) is 26.1. The molecule has 8 nitrogen and oxygen atoms in total. The number of amides is 1. The molecule has 0 saturated heterocycles. The molecule has 0 unspecified atom stereocenters. The van der Waals surface area contributed by atoms with Gasteiger partial charge in [0.1, 0.15) is 12.3 Å². The number of nitrogens with one attached hydrogen (secondary N) is 1. The summed E-state index contributed by atoms with van der Waals surface area (Å²) < 4.78 is 33.4. The van der Waals surface area contributed by atoms with Crippen LogP contribution in [0.25, 0.3) is 0 Å². The zero-order valence-corrected chi connectivity index (χ0v) is 21.5. The summed E-state index contributed by atoms with van der Waals surface area (Å²) in [6, 6.07) is 18.5. The Balaban J connectivity index is 1.87. The average molecular weight is 515 g/mol. The van der Waals surface area contributed by atoms with Gasteiger partial charge in [-0.3, -0.25) is 9.10 Å². The molecular formula is C25H27ClN4O4S. The lowest BCUT2D eigenvalue weighted by atomic mass is 10.2. The number of halogens is 1. The van der Waals surface area contributed by atoms with Crippen LogP contribution in [0.15, 0.2) is 76.7 Å². The number of nitrogens with zero attached hydrogens (tertiary/aromatic N) is 3. The van der Waals surface area contributed by atoms with Gasteiger partial charge in [-0.1, -0.05) is 41.4 Å². The van der Waals surface area contributed by atoms with Crippen molar-refractivity contribution in [2.75, 3.05) is 37.0 Å². The molecule has 184 valence electrons. The minimum absolute atomic E-state index is 0.0300. The number of carbonyl (C=O) groups is 1. The largest absolute Gasteiger partial charge is 0.495 e. The molecule has 10 heteroatoms. The SMILES string of the molecule is COc1ccc(Cl)cc1N(CC(=O)N/N=C\c1ccc(N(C)C)cc1)S(=O)(=O)c1ccc(C)cc1. The molecule has 1 N–H and O–H groups in total. The molecule has 0 aliphatic carbocycles. The Labute approximate surface area is 210 Å². The van der Waals surface area contributed by atoms with E-state index in [0.717, 1.165) is 21.1 Å². The molecule has 3 rings (SSSR count). The fourth-order valence-electron chi connectivity index (χ4n) is 3.20. The number of hydrogen-bond donors (Lipinski definition) is 1. The van der Waals surface area contributed by atoms with Gasteiger partial charge in [-0.2, -0.15) is 5.10 Å². The minimum Gasteiger partial charge on any atom is -0.495 e. The zero-order chi connectivity index (χ0) is 25.6. The van der Waals surface area contributed by atoms with Crippen molar-refractivity contribution >= 4 is 45.1 Å². The summed E-state index contributed by atoms with van der Waals surface area (Å²) in [7, 11) is 1.16. The van der Waals surface area contributed by atoms with E-state index in [1.54, 1.807) is 24.3 Å². The van der Waals surface area contributed by atoms with Crippen molar-refractivity contribution in [3.05, 3.63) is 82.9 Å². The van der Waals surface area contributed by atoms with Crippen LogP contribution in [-0.4, -0.2) is 48.3 Å². The maximum Gasteiger partial charge on any atom is 0.264 e. The summed E-state index contributed by atoms with van der Waals surface area (Å²) in [6.07, 6.45) is 1.48. The minimum atomic E-state index is -4.13. The summed E-state index contributed by atoms with van der Waals surface area (Å²) in [5.74, 6) is -0.383. The molecule has 0 radical (unpaired) electrons. The summed E-state index contributed by atoms with van der Waals surface area (Å²) >= 11 is 6.15. The quantitative estimate of drug-likeness (QED) is 0.343. The van der Waals surface area contributed by atoms with Gasteiger partial charge in [-0.15, -0.1) is 0 Å². The van der Waals surface area contributed by atoms with E-state index in [9.17, 15) is 13.2 Å². The van der Waals surface area contributed by atoms with Crippen LogP contribution >= 0.6 is 11.6 Å². The second-order valence-corrected chi connectivity index (χ2v) is 10.2. The van der Waals surface area contributed by atoms with E-state index >= 15 is 0 Å². The van der Waals surface area contributed by atoms with Crippen molar-refractivity contribution in [3.63, 3.8) is 0 Å². The van der Waals surface area contributed by atoms with E-state index in [2.05, 4.69) is 10.5 Å². The molecule has 3 aromatic carbocycles. The Bertz CT molecular complexity index is 1310. The standard InChI is InChI=1S/C25H27ClN4O4S/c1-18-5-12-22(13-6-18)35(32,33)30(23-15-20(26)9-14-24(23)34-4)17-25(31)28-27-16-19-7-10-21(11-8-19)29(2)3/h5-16H,17H2,1-4H3,(H,28,31)/b27-16-. The summed E-state index contributed by atoms with van der Waals surface area (Å²) in [5.41, 5.74) is 5.24. The third kappa shape index (κ3) is 6.52. The van der Waals surface area contributed by atoms with Crippen LogP contribution < -0.4 is 19.4 Å². The normalized spacial score (nSPS) is 11.3. The Hall–Kier alpha value is -3.56. The summed E-state index contributed by atoms with van der Waals surface area (Å²) in [4.78, 5) is 14.8. The van der Waals surface area contributed by atoms with E-state index in [1.807, 2.05) is 50.2 Å². The second kappa shape index (κ2) is 11.2. The van der Waals surface area contributed by atoms with Crippen LogP contribution in [-0.2, 0) is 14.8 Å². The van der Waals surface area contributed by atoms with Gasteiger partial charge in [0.05, 0.1) is 23.9 Å². The van der Waals surface area contributed by atoms with Crippen LogP contribution in [0.3, 0.4) is 0 Å². The van der Waals surface area contributed by atoms with Crippen molar-refractivity contribution in [2.24, 2.45) is 5.10 Å². The van der Waals surface area contributed by atoms with Crippen molar-refractivity contribution in [2.45, 2.75) is 11.8 Å². The fourth-order valence-corrected chi connectivity index (χ4v) is 4.79. The topological polar surface area (TPSA) is 91.3 Å². The predicted octanol–water partition coefficient (Wildman–Crippen LogP) is 4.07. The van der Waals surface area contributed by atoms with Crippen molar-refractivity contribution in [1.29, 1.82) is 0 Å². The number of sulfonamides is 1. The van der Waals surface area contributed by atoms with Gasteiger partial charge < -0.3 is 9.64 Å². The molecule has 0 aliphatic rings. The van der Waals surface area contributed by atoms with Crippen LogP contribution in [0.5, 0.6) is 5.75 Å². The highest BCUT2D eigenvalue weighted by atomic mass is 35.5. The molecule has 0 spiro atoms. The highest BCUT2D eigenvalue weighted by Gasteiger charge is 2.29. The lowest BCUT2D eigenvalue weighted by molar-refractivity contribution is -0.119. The maximum atomic E-state index is 13.5. The number of benzene rings is 3. The first-order chi connectivity index (χ1) is 16.6. The summed E-state index contributed by atoms with van der Waals surface area (Å²) in [6.45, 7) is 1.32. The highest BCUT2D eigenvalue weighted by molar-refractivity contribution is 7.92. The number of carbonyl (C=O) groups excluding carboxylic acids is 1. The molecule has 3 aromatic rings. The van der Waals surface area contributed by atoms with Gasteiger partial charge >= 0.3 is 0 Å². The number of aryl methyl sites for hydroxylation is 1. The van der Waals surface area contributed by atoms with Crippen LogP contribution in [0, 0.1) is 6.92 Å². The van der Waals surface area contributed by atoms with Crippen molar-refractivity contribution in [1.82, 2.24) is 5.43 Å². The molecule has 0 heterocycles. The third-order valence-electron chi connectivity index (χ3n) is 5.12.